The fraction of sp³-hybridized carbons (Fsp3) is 0.200. The summed E-state index contributed by atoms with van der Waals surface area (Å²) in [4.78, 5) is 0. The topological polar surface area (TPSA) is 52.6 Å². The largest absolute Gasteiger partial charge is 0.379 e. The first kappa shape index (κ1) is 26.3. The minimum absolute atomic E-state index is 0.372. The van der Waals surface area contributed by atoms with E-state index in [-0.39, 0.29) is 0 Å². The molecule has 0 aromatic heterocycles. The van der Waals surface area contributed by atoms with Gasteiger partial charge in [-0.2, -0.15) is 0 Å². The Morgan fingerprint density at radius 1 is 0.389 bits per heavy atom. The summed E-state index contributed by atoms with van der Waals surface area (Å²) in [6, 6.07) is 38.5. The van der Waals surface area contributed by atoms with Crippen molar-refractivity contribution >= 4 is 35.5 Å². The average molecular weight is 519 g/mol. The van der Waals surface area contributed by atoms with E-state index in [4.69, 9.17) is 9.47 Å². The standard InChI is InChI=1S/C30H32O4P2/c31-35(27-13-5-1-6-14-27,28-15-7-2-8-16-28)25-23-33-21-22-34-24-26-36(32,29-17-9-3-10-18-29)30-19-11-4-12-20-30/h1-20H,21-26H2. The molecule has 0 radical (unpaired) electrons. The van der Waals surface area contributed by atoms with Gasteiger partial charge in [0, 0.05) is 33.5 Å². The van der Waals surface area contributed by atoms with Crippen LogP contribution in [-0.4, -0.2) is 38.8 Å². The van der Waals surface area contributed by atoms with Gasteiger partial charge in [-0.05, 0) is 0 Å². The van der Waals surface area contributed by atoms with E-state index in [0.717, 1.165) is 21.2 Å². The summed E-state index contributed by atoms with van der Waals surface area (Å²) in [5, 5.41) is 3.37. The molecule has 0 heterocycles. The predicted molar refractivity (Wildman–Crippen MR) is 151 cm³/mol. The van der Waals surface area contributed by atoms with Crippen molar-refractivity contribution in [2.45, 2.75) is 0 Å². The van der Waals surface area contributed by atoms with Crippen molar-refractivity contribution in [3.8, 4) is 0 Å². The first-order chi connectivity index (χ1) is 17.6. The number of hydrogen-bond donors (Lipinski definition) is 0. The van der Waals surface area contributed by atoms with Gasteiger partial charge in [0.15, 0.2) is 0 Å². The monoisotopic (exact) mass is 518 g/mol. The molecule has 0 aliphatic carbocycles. The normalized spacial score (nSPS) is 11.9. The molecule has 4 aromatic carbocycles. The highest BCUT2D eigenvalue weighted by molar-refractivity contribution is 7.79. The fourth-order valence-electron chi connectivity index (χ4n) is 4.20. The van der Waals surface area contributed by atoms with Crippen LogP contribution in [0.4, 0.5) is 0 Å². The third kappa shape index (κ3) is 6.52. The molecule has 0 aliphatic heterocycles. The summed E-state index contributed by atoms with van der Waals surface area (Å²) in [7, 11) is -5.56. The quantitative estimate of drug-likeness (QED) is 0.184. The van der Waals surface area contributed by atoms with E-state index in [2.05, 4.69) is 0 Å². The second kappa shape index (κ2) is 13.0. The Bertz CT molecular complexity index is 1090. The maximum absolute atomic E-state index is 14.0. The molecule has 0 bridgehead atoms. The molecule has 0 amide bonds. The second-order valence-electron chi connectivity index (χ2n) is 8.49. The minimum atomic E-state index is -2.78. The lowest BCUT2D eigenvalue weighted by atomic mass is 10.4. The van der Waals surface area contributed by atoms with Gasteiger partial charge in [0.2, 0.25) is 0 Å². The smallest absolute Gasteiger partial charge is 0.145 e. The summed E-state index contributed by atoms with van der Waals surface area (Å²) >= 11 is 0. The summed E-state index contributed by atoms with van der Waals surface area (Å²) in [6.07, 6.45) is 0.858. The first-order valence-electron chi connectivity index (χ1n) is 12.2. The zero-order chi connectivity index (χ0) is 25.1. The van der Waals surface area contributed by atoms with E-state index < -0.39 is 14.3 Å². The van der Waals surface area contributed by atoms with Crippen molar-refractivity contribution in [2.24, 2.45) is 0 Å². The van der Waals surface area contributed by atoms with Crippen LogP contribution < -0.4 is 21.2 Å². The Balaban J connectivity index is 1.28. The summed E-state index contributed by atoms with van der Waals surface area (Å²) < 4.78 is 39.6. The van der Waals surface area contributed by atoms with Crippen LogP contribution in [0.25, 0.3) is 0 Å². The van der Waals surface area contributed by atoms with Crippen LogP contribution in [0.2, 0.25) is 0 Å². The Morgan fingerprint density at radius 3 is 0.889 bits per heavy atom. The number of ether oxygens (including phenoxy) is 2. The van der Waals surface area contributed by atoms with Gasteiger partial charge in [-0.1, -0.05) is 121 Å². The molecule has 6 heteroatoms. The van der Waals surface area contributed by atoms with E-state index >= 15 is 0 Å². The van der Waals surface area contributed by atoms with Gasteiger partial charge in [-0.3, -0.25) is 0 Å². The first-order valence-corrected chi connectivity index (χ1v) is 16.0. The lowest BCUT2D eigenvalue weighted by molar-refractivity contribution is 0.0597. The van der Waals surface area contributed by atoms with Crippen molar-refractivity contribution in [1.29, 1.82) is 0 Å². The Kier molecular flexibility index (Phi) is 9.50. The number of benzene rings is 4. The molecule has 4 rings (SSSR count). The Labute approximate surface area is 214 Å². The third-order valence-corrected chi connectivity index (χ3v) is 12.3. The Morgan fingerprint density at radius 2 is 0.639 bits per heavy atom. The Hall–Kier alpha value is -2.74. The number of hydrogen-bond acceptors (Lipinski definition) is 4. The van der Waals surface area contributed by atoms with Gasteiger partial charge in [-0.15, -0.1) is 0 Å². The number of rotatable bonds is 13. The average Bonchev–Trinajstić information content (AvgIpc) is 2.96. The molecule has 36 heavy (non-hydrogen) atoms. The molecule has 0 N–H and O–H groups in total. The van der Waals surface area contributed by atoms with Gasteiger partial charge in [0.1, 0.15) is 14.3 Å². The van der Waals surface area contributed by atoms with Gasteiger partial charge < -0.3 is 18.6 Å². The molecule has 186 valence electrons. The lowest BCUT2D eigenvalue weighted by Crippen LogP contribution is -2.22. The van der Waals surface area contributed by atoms with Gasteiger partial charge in [-0.25, -0.2) is 0 Å². The van der Waals surface area contributed by atoms with Crippen LogP contribution in [0.1, 0.15) is 0 Å². The molecule has 4 aromatic rings. The zero-order valence-electron chi connectivity index (χ0n) is 20.3. The molecule has 0 fully saturated rings. The zero-order valence-corrected chi connectivity index (χ0v) is 22.1. The van der Waals surface area contributed by atoms with Crippen LogP contribution in [-0.2, 0) is 18.6 Å². The molecular weight excluding hydrogens is 486 g/mol. The van der Waals surface area contributed by atoms with Crippen molar-refractivity contribution in [3.05, 3.63) is 121 Å². The van der Waals surface area contributed by atoms with Crippen LogP contribution in [0.3, 0.4) is 0 Å². The van der Waals surface area contributed by atoms with Gasteiger partial charge >= 0.3 is 0 Å². The van der Waals surface area contributed by atoms with E-state index in [1.54, 1.807) is 0 Å². The highest BCUT2D eigenvalue weighted by Gasteiger charge is 2.27. The van der Waals surface area contributed by atoms with Crippen molar-refractivity contribution in [2.75, 3.05) is 38.8 Å². The maximum atomic E-state index is 14.0. The molecule has 0 saturated heterocycles. The second-order valence-corrected chi connectivity index (χ2v) is 14.4. The predicted octanol–water partition coefficient (Wildman–Crippen LogP) is 5.05. The fourth-order valence-corrected chi connectivity index (χ4v) is 9.21. The van der Waals surface area contributed by atoms with Crippen LogP contribution in [0, 0.1) is 0 Å². The molecule has 0 saturated carbocycles. The van der Waals surface area contributed by atoms with Gasteiger partial charge in [0.05, 0.1) is 26.4 Å². The lowest BCUT2D eigenvalue weighted by Gasteiger charge is -2.20. The van der Waals surface area contributed by atoms with Crippen molar-refractivity contribution in [3.63, 3.8) is 0 Å². The highest BCUT2D eigenvalue weighted by Crippen LogP contribution is 2.43. The summed E-state index contributed by atoms with van der Waals surface area (Å²) in [5.74, 6) is 0. The van der Waals surface area contributed by atoms with E-state index in [1.807, 2.05) is 121 Å². The van der Waals surface area contributed by atoms with E-state index in [0.29, 0.717) is 38.8 Å². The SMILES string of the molecule is O=P(CCOCCOCCP(=O)(c1ccccc1)c1ccccc1)(c1ccccc1)c1ccccc1. The summed E-state index contributed by atoms with van der Waals surface area (Å²) in [5.41, 5.74) is 0. The van der Waals surface area contributed by atoms with Gasteiger partial charge in [0.25, 0.3) is 0 Å². The molecule has 0 spiro atoms. The molecular formula is C30H32O4P2. The van der Waals surface area contributed by atoms with Crippen molar-refractivity contribution < 1.29 is 18.6 Å². The molecule has 0 atom stereocenters. The molecule has 0 aliphatic rings. The van der Waals surface area contributed by atoms with Crippen LogP contribution in [0.15, 0.2) is 121 Å². The van der Waals surface area contributed by atoms with E-state index in [1.165, 1.54) is 0 Å². The highest BCUT2D eigenvalue weighted by atomic mass is 31.2. The maximum Gasteiger partial charge on any atom is 0.145 e. The van der Waals surface area contributed by atoms with Crippen LogP contribution in [0.5, 0.6) is 0 Å². The van der Waals surface area contributed by atoms with E-state index in [9.17, 15) is 9.13 Å². The third-order valence-electron chi connectivity index (χ3n) is 6.17. The molecule has 0 unspecified atom stereocenters. The molecule has 4 nitrogen and oxygen atoms in total. The minimum Gasteiger partial charge on any atom is -0.379 e. The van der Waals surface area contributed by atoms with Crippen molar-refractivity contribution in [1.82, 2.24) is 0 Å². The van der Waals surface area contributed by atoms with Crippen LogP contribution >= 0.6 is 14.3 Å². The summed E-state index contributed by atoms with van der Waals surface area (Å²) in [6.45, 7) is 1.53.